The van der Waals surface area contributed by atoms with Crippen LogP contribution < -0.4 is 0 Å². The molecule has 0 amide bonds. The zero-order valence-corrected chi connectivity index (χ0v) is 18.9. The number of hydrogen-bond donors (Lipinski definition) is 0. The lowest BCUT2D eigenvalue weighted by atomic mass is 9.61. The molecule has 0 spiro atoms. The summed E-state index contributed by atoms with van der Waals surface area (Å²) in [5.41, 5.74) is 7.10. The van der Waals surface area contributed by atoms with Crippen molar-refractivity contribution in [3.63, 3.8) is 0 Å². The van der Waals surface area contributed by atoms with Gasteiger partial charge in [-0.3, -0.25) is 0 Å². The highest BCUT2D eigenvalue weighted by molar-refractivity contribution is 6.30. The minimum atomic E-state index is 0.367. The number of aromatic nitrogens is 2. The summed E-state index contributed by atoms with van der Waals surface area (Å²) in [5.74, 6) is 0.714. The normalized spacial score (nSPS) is 15.2. The Bertz CT molecular complexity index is 1210. The Kier molecular flexibility index (Phi) is 5.27. The van der Waals surface area contributed by atoms with Crippen molar-refractivity contribution in [1.29, 1.82) is 0 Å². The largest absolute Gasteiger partial charge is 0.246 e. The van der Waals surface area contributed by atoms with Gasteiger partial charge in [0, 0.05) is 16.5 Å². The van der Waals surface area contributed by atoms with Crippen LogP contribution in [-0.2, 0) is 5.41 Å². The average molecular weight is 427 g/mol. The third kappa shape index (κ3) is 3.85. The predicted octanol–water partition coefficient (Wildman–Crippen LogP) is 8.09. The molecule has 3 heteroatoms. The van der Waals surface area contributed by atoms with Crippen LogP contribution in [0.2, 0.25) is 5.15 Å². The van der Waals surface area contributed by atoms with E-state index in [-0.39, 0.29) is 0 Å². The maximum absolute atomic E-state index is 6.15. The first kappa shape index (κ1) is 20.2. The summed E-state index contributed by atoms with van der Waals surface area (Å²) >= 11 is 6.15. The summed E-state index contributed by atoms with van der Waals surface area (Å²) in [7, 11) is 0. The average Bonchev–Trinajstić information content (AvgIpc) is 2.76. The molecule has 156 valence electrons. The summed E-state index contributed by atoms with van der Waals surface area (Å²) in [6.07, 6.45) is 6.98. The minimum Gasteiger partial charge on any atom is -0.246 e. The van der Waals surface area contributed by atoms with Gasteiger partial charge in [-0.05, 0) is 53.9 Å². The molecule has 0 aliphatic heterocycles. The highest BCUT2D eigenvalue weighted by atomic mass is 35.5. The number of halogens is 1. The summed E-state index contributed by atoms with van der Waals surface area (Å²) in [6.45, 7) is 4.67. The first-order valence-corrected chi connectivity index (χ1v) is 11.5. The molecule has 5 rings (SSSR count). The molecule has 2 nitrogen and oxygen atoms in total. The Hall–Kier alpha value is -2.71. The molecular weight excluding hydrogens is 400 g/mol. The fourth-order valence-corrected chi connectivity index (χ4v) is 5.25. The predicted molar refractivity (Wildman–Crippen MR) is 130 cm³/mol. The Morgan fingerprint density at radius 1 is 0.935 bits per heavy atom. The van der Waals surface area contributed by atoms with Crippen molar-refractivity contribution in [2.75, 3.05) is 0 Å². The molecule has 2 aromatic heterocycles. The van der Waals surface area contributed by atoms with Gasteiger partial charge in [-0.2, -0.15) is 0 Å². The second-order valence-corrected chi connectivity index (χ2v) is 9.65. The molecule has 0 bridgehead atoms. The van der Waals surface area contributed by atoms with E-state index in [1.54, 1.807) is 6.20 Å². The van der Waals surface area contributed by atoms with E-state index < -0.39 is 0 Å². The molecular formula is C28H27ClN2. The number of rotatable bonds is 5. The van der Waals surface area contributed by atoms with Gasteiger partial charge in [-0.25, -0.2) is 9.97 Å². The second-order valence-electron chi connectivity index (χ2n) is 9.26. The molecule has 4 aromatic rings. The maximum atomic E-state index is 6.15. The zero-order valence-electron chi connectivity index (χ0n) is 18.1. The maximum Gasteiger partial charge on any atom is 0.129 e. The summed E-state index contributed by atoms with van der Waals surface area (Å²) in [5, 5.41) is 1.49. The van der Waals surface area contributed by atoms with E-state index in [1.807, 2.05) is 12.1 Å². The Labute approximate surface area is 189 Å². The van der Waals surface area contributed by atoms with Crippen LogP contribution in [-0.4, -0.2) is 9.97 Å². The van der Waals surface area contributed by atoms with Gasteiger partial charge in [-0.1, -0.05) is 86.5 Å². The molecule has 0 radical (unpaired) electrons. The summed E-state index contributed by atoms with van der Waals surface area (Å²) in [6, 6.07) is 23.7. The van der Waals surface area contributed by atoms with Gasteiger partial charge in [0.25, 0.3) is 0 Å². The lowest BCUT2D eigenvalue weighted by Gasteiger charge is -2.44. The quantitative estimate of drug-likeness (QED) is 0.301. The fraction of sp³-hybridized carbons (Fsp3) is 0.286. The van der Waals surface area contributed by atoms with Crippen LogP contribution in [0.4, 0.5) is 0 Å². The number of fused-ring (bicyclic) bond motifs is 1. The van der Waals surface area contributed by atoms with Crippen LogP contribution in [0.15, 0.2) is 72.9 Å². The molecule has 1 aliphatic rings. The van der Waals surface area contributed by atoms with Gasteiger partial charge in [0.1, 0.15) is 5.15 Å². The van der Waals surface area contributed by atoms with Gasteiger partial charge in [0.05, 0.1) is 17.4 Å². The van der Waals surface area contributed by atoms with Gasteiger partial charge in [-0.15, -0.1) is 0 Å². The highest BCUT2D eigenvalue weighted by Crippen LogP contribution is 2.48. The summed E-state index contributed by atoms with van der Waals surface area (Å²) < 4.78 is 0. The van der Waals surface area contributed by atoms with Crippen molar-refractivity contribution in [3.8, 4) is 22.4 Å². The van der Waals surface area contributed by atoms with Gasteiger partial charge < -0.3 is 0 Å². The van der Waals surface area contributed by atoms with Gasteiger partial charge >= 0.3 is 0 Å². The van der Waals surface area contributed by atoms with E-state index in [9.17, 15) is 0 Å². The monoisotopic (exact) mass is 426 g/mol. The van der Waals surface area contributed by atoms with Crippen LogP contribution in [0.1, 0.15) is 45.1 Å². The zero-order chi connectivity index (χ0) is 21.4. The van der Waals surface area contributed by atoms with Gasteiger partial charge in [0.2, 0.25) is 0 Å². The van der Waals surface area contributed by atoms with Crippen LogP contribution in [0.5, 0.6) is 0 Å². The molecule has 0 unspecified atom stereocenters. The lowest BCUT2D eigenvalue weighted by molar-refractivity contribution is 0.200. The summed E-state index contributed by atoms with van der Waals surface area (Å²) in [4.78, 5) is 9.26. The molecule has 1 saturated carbocycles. The minimum absolute atomic E-state index is 0.367. The molecule has 0 N–H and O–H groups in total. The topological polar surface area (TPSA) is 25.8 Å². The van der Waals surface area contributed by atoms with Crippen molar-refractivity contribution in [2.24, 2.45) is 5.92 Å². The highest BCUT2D eigenvalue weighted by Gasteiger charge is 2.38. The van der Waals surface area contributed by atoms with Gasteiger partial charge in [0.15, 0.2) is 0 Å². The Balaban J connectivity index is 1.61. The van der Waals surface area contributed by atoms with Crippen molar-refractivity contribution in [1.82, 2.24) is 9.97 Å². The van der Waals surface area contributed by atoms with E-state index in [4.69, 9.17) is 16.6 Å². The van der Waals surface area contributed by atoms with Crippen molar-refractivity contribution in [2.45, 2.75) is 44.9 Å². The van der Waals surface area contributed by atoms with E-state index in [1.165, 1.54) is 31.2 Å². The van der Waals surface area contributed by atoms with Crippen molar-refractivity contribution in [3.05, 3.63) is 83.6 Å². The lowest BCUT2D eigenvalue weighted by Crippen LogP contribution is -2.35. The van der Waals surface area contributed by atoms with E-state index in [2.05, 4.69) is 73.4 Å². The third-order valence-corrected chi connectivity index (χ3v) is 6.84. The first-order valence-electron chi connectivity index (χ1n) is 11.2. The third-order valence-electron chi connectivity index (χ3n) is 6.63. The van der Waals surface area contributed by atoms with Crippen LogP contribution in [0, 0.1) is 5.92 Å². The number of nitrogens with zero attached hydrogens (tertiary/aromatic N) is 2. The number of pyridine rings is 2. The van der Waals surface area contributed by atoms with Crippen LogP contribution >= 0.6 is 11.6 Å². The SMILES string of the molecule is CC(C)CC1(c2ccc(-c3nc4cnc(Cl)cc4cc3-c3ccccc3)cc2)CCC1. The van der Waals surface area contributed by atoms with E-state index in [0.29, 0.717) is 16.5 Å². The Morgan fingerprint density at radius 3 is 2.32 bits per heavy atom. The standard InChI is InChI=1S/C28H27ClN2/c1-19(2)17-28(13-6-14-28)23-11-9-21(10-12-23)27-24(20-7-4-3-5-8-20)15-22-16-26(29)30-18-25(22)31-27/h3-5,7-12,15-16,18-19H,6,13-14,17H2,1-2H3. The molecule has 1 aliphatic carbocycles. The van der Waals surface area contributed by atoms with Crippen molar-refractivity contribution < 1.29 is 0 Å². The second kappa shape index (κ2) is 8.09. The van der Waals surface area contributed by atoms with E-state index >= 15 is 0 Å². The van der Waals surface area contributed by atoms with E-state index in [0.717, 1.165) is 33.3 Å². The molecule has 2 heterocycles. The molecule has 0 saturated heterocycles. The first-order chi connectivity index (χ1) is 15.0. The van der Waals surface area contributed by atoms with Crippen LogP contribution in [0.25, 0.3) is 33.3 Å². The number of hydrogen-bond acceptors (Lipinski definition) is 2. The molecule has 0 atom stereocenters. The smallest absolute Gasteiger partial charge is 0.129 e. The molecule has 1 fully saturated rings. The van der Waals surface area contributed by atoms with Crippen LogP contribution in [0.3, 0.4) is 0 Å². The fourth-order valence-electron chi connectivity index (χ4n) is 5.09. The number of benzene rings is 2. The Morgan fingerprint density at radius 2 is 1.68 bits per heavy atom. The molecule has 2 aromatic carbocycles. The molecule has 31 heavy (non-hydrogen) atoms. The van der Waals surface area contributed by atoms with Crippen molar-refractivity contribution >= 4 is 22.5 Å².